The Morgan fingerprint density at radius 1 is 1.06 bits per heavy atom. The Balaban J connectivity index is 1.27. The van der Waals surface area contributed by atoms with E-state index in [1.807, 2.05) is 54.6 Å². The molecule has 1 fully saturated rings. The second-order valence-electron chi connectivity index (χ2n) is 9.09. The lowest BCUT2D eigenvalue weighted by Crippen LogP contribution is -2.32. The molecular formula is C28H34N2O3. The number of aryl methyl sites for hydroxylation is 1. The van der Waals surface area contributed by atoms with Gasteiger partial charge in [-0.2, -0.15) is 0 Å². The zero-order valence-corrected chi connectivity index (χ0v) is 19.2. The predicted octanol–water partition coefficient (Wildman–Crippen LogP) is 5.78. The molecule has 0 saturated heterocycles. The van der Waals surface area contributed by atoms with Crippen LogP contribution in [0.2, 0.25) is 0 Å². The van der Waals surface area contributed by atoms with Crippen molar-refractivity contribution >= 4 is 5.91 Å². The van der Waals surface area contributed by atoms with Crippen LogP contribution in [0.5, 0.6) is 0 Å². The molecule has 1 aliphatic carbocycles. The van der Waals surface area contributed by atoms with Gasteiger partial charge in [-0.1, -0.05) is 80.6 Å². The Hall–Kier alpha value is -2.92. The van der Waals surface area contributed by atoms with Gasteiger partial charge in [-0.3, -0.25) is 4.79 Å². The lowest BCUT2D eigenvalue weighted by Gasteiger charge is -2.21. The number of nitrogens with one attached hydrogen (secondary N) is 1. The Kier molecular flexibility index (Phi) is 8.31. The van der Waals surface area contributed by atoms with Gasteiger partial charge < -0.3 is 14.8 Å². The van der Waals surface area contributed by atoms with E-state index in [1.54, 1.807) is 6.20 Å². The van der Waals surface area contributed by atoms with Gasteiger partial charge in [-0.25, -0.2) is 4.98 Å². The van der Waals surface area contributed by atoms with Crippen LogP contribution in [0.15, 0.2) is 65.2 Å². The Morgan fingerprint density at radius 3 is 2.64 bits per heavy atom. The molecule has 0 spiro atoms. The van der Waals surface area contributed by atoms with E-state index < -0.39 is 6.10 Å². The van der Waals surface area contributed by atoms with E-state index in [9.17, 15) is 9.90 Å². The first-order valence-electron chi connectivity index (χ1n) is 12.2. The van der Waals surface area contributed by atoms with E-state index in [1.165, 1.54) is 32.1 Å². The lowest BCUT2D eigenvalue weighted by molar-refractivity contribution is -0.121. The highest BCUT2D eigenvalue weighted by molar-refractivity contribution is 5.75. The summed E-state index contributed by atoms with van der Waals surface area (Å²) in [6, 6.07) is 17.9. The van der Waals surface area contributed by atoms with Crippen LogP contribution in [0.4, 0.5) is 0 Å². The lowest BCUT2D eigenvalue weighted by atomic mass is 9.86. The number of rotatable bonds is 10. The molecule has 1 aromatic heterocycles. The largest absolute Gasteiger partial charge is 0.436 e. The number of carbonyl (C=O) groups is 1. The zero-order valence-electron chi connectivity index (χ0n) is 19.2. The minimum Gasteiger partial charge on any atom is -0.436 e. The second-order valence-corrected chi connectivity index (χ2v) is 9.09. The number of carbonyl (C=O) groups excluding carboxylic acids is 1. The molecule has 5 nitrogen and oxygen atoms in total. The van der Waals surface area contributed by atoms with Crippen LogP contribution in [-0.2, 0) is 11.2 Å². The third kappa shape index (κ3) is 6.78. The second kappa shape index (κ2) is 11.8. The van der Waals surface area contributed by atoms with Crippen LogP contribution in [0.25, 0.3) is 22.8 Å². The van der Waals surface area contributed by atoms with Crippen LogP contribution in [0.3, 0.4) is 0 Å². The van der Waals surface area contributed by atoms with Crippen LogP contribution in [0.1, 0.15) is 56.9 Å². The average molecular weight is 447 g/mol. The highest BCUT2D eigenvalue weighted by atomic mass is 16.4. The van der Waals surface area contributed by atoms with Crippen molar-refractivity contribution in [2.45, 2.75) is 63.9 Å². The first-order valence-corrected chi connectivity index (χ1v) is 12.2. The van der Waals surface area contributed by atoms with Crippen molar-refractivity contribution in [3.05, 3.63) is 66.4 Å². The maximum Gasteiger partial charge on any atom is 0.226 e. The molecule has 0 radical (unpaired) electrons. The third-order valence-electron chi connectivity index (χ3n) is 6.60. The molecule has 2 N–H and O–H groups in total. The Morgan fingerprint density at radius 2 is 1.82 bits per heavy atom. The molecule has 1 aliphatic rings. The third-order valence-corrected chi connectivity index (χ3v) is 6.60. The number of hydrogen-bond donors (Lipinski definition) is 2. The smallest absolute Gasteiger partial charge is 0.226 e. The van der Waals surface area contributed by atoms with Gasteiger partial charge in [0.05, 0.1) is 12.3 Å². The van der Waals surface area contributed by atoms with E-state index in [-0.39, 0.29) is 5.91 Å². The summed E-state index contributed by atoms with van der Waals surface area (Å²) < 4.78 is 6.03. The summed E-state index contributed by atoms with van der Waals surface area (Å²) in [7, 11) is 0. The average Bonchev–Trinajstić information content (AvgIpc) is 3.36. The fraction of sp³-hybridized carbons (Fsp3) is 0.429. The number of benzene rings is 2. The van der Waals surface area contributed by atoms with Crippen molar-refractivity contribution < 1.29 is 14.3 Å². The topological polar surface area (TPSA) is 75.4 Å². The van der Waals surface area contributed by atoms with E-state index in [2.05, 4.69) is 10.3 Å². The highest BCUT2D eigenvalue weighted by Gasteiger charge is 2.16. The first kappa shape index (κ1) is 23.2. The SMILES string of the molecule is O=C(CCC1CCCCC1)NCC(O)CCc1ccccc1-c1ncc(-c2ccccc2)o1. The van der Waals surface area contributed by atoms with Gasteiger partial charge in [0.2, 0.25) is 11.8 Å². The van der Waals surface area contributed by atoms with Crippen LogP contribution < -0.4 is 5.32 Å². The van der Waals surface area contributed by atoms with E-state index >= 15 is 0 Å². The molecular weight excluding hydrogens is 412 g/mol. The molecule has 1 amide bonds. The van der Waals surface area contributed by atoms with E-state index in [0.29, 0.717) is 37.6 Å². The molecule has 0 aliphatic heterocycles. The van der Waals surface area contributed by atoms with Crippen LogP contribution >= 0.6 is 0 Å². The van der Waals surface area contributed by atoms with Crippen molar-refractivity contribution in [1.29, 1.82) is 0 Å². The van der Waals surface area contributed by atoms with Gasteiger partial charge in [0.1, 0.15) is 0 Å². The maximum atomic E-state index is 12.2. The number of hydrogen-bond acceptors (Lipinski definition) is 4. The molecule has 2 aromatic carbocycles. The highest BCUT2D eigenvalue weighted by Crippen LogP contribution is 2.29. The molecule has 0 bridgehead atoms. The number of aliphatic hydroxyl groups is 1. The van der Waals surface area contributed by atoms with Crippen LogP contribution in [0, 0.1) is 5.92 Å². The molecule has 174 valence electrons. The van der Waals surface area contributed by atoms with Crippen LogP contribution in [-0.4, -0.2) is 28.6 Å². The van der Waals surface area contributed by atoms with Gasteiger partial charge in [-0.15, -0.1) is 0 Å². The number of oxazole rings is 1. The van der Waals surface area contributed by atoms with Gasteiger partial charge >= 0.3 is 0 Å². The standard InChI is InChI=1S/C28H34N2O3/c31-24(19-29-27(32)18-15-21-9-3-1-4-10-21)17-16-22-11-7-8-14-25(22)28-30-20-26(33-28)23-12-5-2-6-13-23/h2,5-8,11-14,20-21,24,31H,1,3-4,9-10,15-19H2,(H,29,32). The summed E-state index contributed by atoms with van der Waals surface area (Å²) in [4.78, 5) is 16.7. The van der Waals surface area contributed by atoms with Gasteiger partial charge in [0.25, 0.3) is 0 Å². The van der Waals surface area contributed by atoms with Gasteiger partial charge in [0, 0.05) is 24.1 Å². The monoisotopic (exact) mass is 446 g/mol. The molecule has 1 atom stereocenters. The molecule has 1 saturated carbocycles. The fourth-order valence-corrected chi connectivity index (χ4v) is 4.64. The van der Waals surface area contributed by atoms with Gasteiger partial charge in [-0.05, 0) is 36.8 Å². The normalized spacial score (nSPS) is 15.3. The quantitative estimate of drug-likeness (QED) is 0.414. The molecule has 1 heterocycles. The van der Waals surface area contributed by atoms with Gasteiger partial charge in [0.15, 0.2) is 5.76 Å². The van der Waals surface area contributed by atoms with Crippen molar-refractivity contribution in [3.63, 3.8) is 0 Å². The van der Waals surface area contributed by atoms with Crippen molar-refractivity contribution in [2.24, 2.45) is 5.92 Å². The molecule has 3 aromatic rings. The summed E-state index contributed by atoms with van der Waals surface area (Å²) in [6.07, 6.45) is 10.4. The number of aromatic nitrogens is 1. The fourth-order valence-electron chi connectivity index (χ4n) is 4.64. The van der Waals surface area contributed by atoms with Crippen molar-refractivity contribution in [2.75, 3.05) is 6.54 Å². The summed E-state index contributed by atoms with van der Waals surface area (Å²) >= 11 is 0. The summed E-state index contributed by atoms with van der Waals surface area (Å²) in [5, 5.41) is 13.3. The summed E-state index contributed by atoms with van der Waals surface area (Å²) in [5.74, 6) is 2.06. The molecule has 33 heavy (non-hydrogen) atoms. The minimum absolute atomic E-state index is 0.0493. The number of aliphatic hydroxyl groups excluding tert-OH is 1. The van der Waals surface area contributed by atoms with Crippen molar-refractivity contribution in [3.8, 4) is 22.8 Å². The predicted molar refractivity (Wildman–Crippen MR) is 131 cm³/mol. The zero-order chi connectivity index (χ0) is 22.9. The summed E-state index contributed by atoms with van der Waals surface area (Å²) in [6.45, 7) is 0.294. The van der Waals surface area contributed by atoms with E-state index in [0.717, 1.165) is 28.9 Å². The molecule has 4 rings (SSSR count). The van der Waals surface area contributed by atoms with Crippen molar-refractivity contribution in [1.82, 2.24) is 10.3 Å². The Bertz CT molecular complexity index is 1010. The molecule has 5 heteroatoms. The Labute approximate surface area is 196 Å². The summed E-state index contributed by atoms with van der Waals surface area (Å²) in [5.41, 5.74) is 2.99. The van der Waals surface area contributed by atoms with E-state index in [4.69, 9.17) is 4.42 Å². The minimum atomic E-state index is -0.582. The number of nitrogens with zero attached hydrogens (tertiary/aromatic N) is 1. The number of amides is 1. The molecule has 1 unspecified atom stereocenters. The maximum absolute atomic E-state index is 12.2. The first-order chi connectivity index (χ1) is 16.2.